The van der Waals surface area contributed by atoms with Gasteiger partial charge in [-0.2, -0.15) is 0 Å². The quantitative estimate of drug-likeness (QED) is 0.471. The van der Waals surface area contributed by atoms with Gasteiger partial charge in [-0.15, -0.1) is 0 Å². The second-order valence-electron chi connectivity index (χ2n) is 7.77. The molecule has 2 aromatic carbocycles. The highest BCUT2D eigenvalue weighted by Gasteiger charge is 2.29. The zero-order valence-corrected chi connectivity index (χ0v) is 17.1. The molecule has 0 atom stereocenters. The number of hydrogen-bond donors (Lipinski definition) is 0. The zero-order valence-electron chi connectivity index (χ0n) is 17.1. The van der Waals surface area contributed by atoms with Crippen LogP contribution in [0.1, 0.15) is 34.3 Å². The number of esters is 1. The minimum atomic E-state index is -0.489. The number of amides is 1. The molecule has 1 aliphatic heterocycles. The highest BCUT2D eigenvalue weighted by Crippen LogP contribution is 2.23. The SMILES string of the molecule is Cc1ccc2c(COC(=O)C3CCN(C(=O)c4ccc(F)cc4)CC3)cc(=O)oc2c1. The molecule has 0 aliphatic carbocycles. The normalized spacial score (nSPS) is 14.6. The molecule has 1 aliphatic rings. The fourth-order valence-electron chi connectivity index (χ4n) is 3.82. The zero-order chi connectivity index (χ0) is 22.0. The summed E-state index contributed by atoms with van der Waals surface area (Å²) in [7, 11) is 0. The summed E-state index contributed by atoms with van der Waals surface area (Å²) >= 11 is 0. The molecule has 1 amide bonds. The van der Waals surface area contributed by atoms with E-state index in [-0.39, 0.29) is 24.4 Å². The molecule has 0 spiro atoms. The summed E-state index contributed by atoms with van der Waals surface area (Å²) in [6.45, 7) is 2.73. The molecule has 160 valence electrons. The van der Waals surface area contributed by atoms with Gasteiger partial charge < -0.3 is 14.1 Å². The molecule has 6 nitrogen and oxygen atoms in total. The number of halogens is 1. The van der Waals surface area contributed by atoms with Crippen LogP contribution in [0.25, 0.3) is 11.0 Å². The first-order chi connectivity index (χ1) is 14.9. The first-order valence-corrected chi connectivity index (χ1v) is 10.2. The number of carbonyl (C=O) groups excluding carboxylic acids is 2. The second-order valence-corrected chi connectivity index (χ2v) is 7.77. The minimum absolute atomic E-state index is 0.0152. The molecule has 1 aromatic heterocycles. The number of fused-ring (bicyclic) bond motifs is 1. The molecule has 3 aromatic rings. The molecule has 0 unspecified atom stereocenters. The predicted octanol–water partition coefficient (Wildman–Crippen LogP) is 3.84. The van der Waals surface area contributed by atoms with Crippen molar-refractivity contribution in [2.24, 2.45) is 5.92 Å². The van der Waals surface area contributed by atoms with Crippen LogP contribution in [0, 0.1) is 18.7 Å². The average Bonchev–Trinajstić information content (AvgIpc) is 2.77. The Morgan fingerprint density at radius 1 is 1.10 bits per heavy atom. The Bertz CT molecular complexity index is 1180. The van der Waals surface area contributed by atoms with Gasteiger partial charge in [0, 0.05) is 35.7 Å². The van der Waals surface area contributed by atoms with Crippen LogP contribution in [0.15, 0.2) is 57.7 Å². The third-order valence-corrected chi connectivity index (χ3v) is 5.56. The van der Waals surface area contributed by atoms with Crippen LogP contribution >= 0.6 is 0 Å². The first-order valence-electron chi connectivity index (χ1n) is 10.2. The lowest BCUT2D eigenvalue weighted by Crippen LogP contribution is -2.40. The molecule has 4 rings (SSSR count). The van der Waals surface area contributed by atoms with Gasteiger partial charge >= 0.3 is 11.6 Å². The number of likely N-dealkylation sites (tertiary alicyclic amines) is 1. The van der Waals surface area contributed by atoms with Gasteiger partial charge in [0.05, 0.1) is 5.92 Å². The van der Waals surface area contributed by atoms with Gasteiger partial charge in [0.25, 0.3) is 5.91 Å². The predicted molar refractivity (Wildman–Crippen MR) is 112 cm³/mol. The van der Waals surface area contributed by atoms with E-state index in [9.17, 15) is 18.8 Å². The van der Waals surface area contributed by atoms with Crippen LogP contribution in [-0.2, 0) is 16.1 Å². The molecule has 31 heavy (non-hydrogen) atoms. The maximum Gasteiger partial charge on any atom is 0.336 e. The molecule has 0 N–H and O–H groups in total. The summed E-state index contributed by atoms with van der Waals surface area (Å²) in [6, 6.07) is 12.3. The number of carbonyl (C=O) groups is 2. The van der Waals surface area contributed by atoms with Crippen LogP contribution in [-0.4, -0.2) is 29.9 Å². The topological polar surface area (TPSA) is 76.8 Å². The molecule has 2 heterocycles. The van der Waals surface area contributed by atoms with Crippen molar-refractivity contribution in [3.05, 3.63) is 81.5 Å². The number of nitrogens with zero attached hydrogens (tertiary/aromatic N) is 1. The summed E-state index contributed by atoms with van der Waals surface area (Å²) in [5.41, 5.74) is 1.96. The Morgan fingerprint density at radius 3 is 2.52 bits per heavy atom. The van der Waals surface area contributed by atoms with Gasteiger partial charge in [0.2, 0.25) is 0 Å². The van der Waals surface area contributed by atoms with Gasteiger partial charge in [-0.05, 0) is 55.7 Å². The van der Waals surface area contributed by atoms with Crippen molar-refractivity contribution in [2.45, 2.75) is 26.4 Å². The van der Waals surface area contributed by atoms with Crippen molar-refractivity contribution < 1.29 is 23.1 Å². The molecule has 7 heteroatoms. The lowest BCUT2D eigenvalue weighted by atomic mass is 9.96. The van der Waals surface area contributed by atoms with E-state index in [1.165, 1.54) is 30.3 Å². The Hall–Kier alpha value is -3.48. The number of ether oxygens (including phenoxy) is 1. The standard InChI is InChI=1S/C24H22FNO5/c1-15-2-7-20-18(13-22(27)31-21(20)12-15)14-30-24(29)17-8-10-26(11-9-17)23(28)16-3-5-19(25)6-4-16/h2-7,12-13,17H,8-11,14H2,1H3. The van der Waals surface area contributed by atoms with Crippen LogP contribution in [0.4, 0.5) is 4.39 Å². The maximum absolute atomic E-state index is 13.1. The van der Waals surface area contributed by atoms with Gasteiger partial charge in [-0.25, -0.2) is 9.18 Å². The molecule has 1 saturated heterocycles. The molecule has 0 radical (unpaired) electrons. The van der Waals surface area contributed by atoms with Gasteiger partial charge in [0.1, 0.15) is 18.0 Å². The number of hydrogen-bond acceptors (Lipinski definition) is 5. The van der Waals surface area contributed by atoms with E-state index in [0.717, 1.165) is 10.9 Å². The van der Waals surface area contributed by atoms with Crippen LogP contribution in [0.3, 0.4) is 0 Å². The Balaban J connectivity index is 1.36. The van der Waals surface area contributed by atoms with Gasteiger partial charge in [-0.3, -0.25) is 9.59 Å². The smallest absolute Gasteiger partial charge is 0.336 e. The molecular formula is C24H22FNO5. The largest absolute Gasteiger partial charge is 0.461 e. The van der Waals surface area contributed by atoms with Crippen molar-refractivity contribution in [1.82, 2.24) is 4.90 Å². The molecule has 0 saturated carbocycles. The second kappa shape index (κ2) is 8.71. The highest BCUT2D eigenvalue weighted by molar-refractivity contribution is 5.94. The van der Waals surface area contributed by atoms with Crippen molar-refractivity contribution >= 4 is 22.8 Å². The van der Waals surface area contributed by atoms with E-state index in [2.05, 4.69) is 0 Å². The number of rotatable bonds is 4. The van der Waals surface area contributed by atoms with Crippen molar-refractivity contribution in [2.75, 3.05) is 13.1 Å². The van der Waals surface area contributed by atoms with Gasteiger partial charge in [-0.1, -0.05) is 12.1 Å². The van der Waals surface area contributed by atoms with E-state index in [1.54, 1.807) is 11.0 Å². The third-order valence-electron chi connectivity index (χ3n) is 5.56. The van der Waals surface area contributed by atoms with Crippen LogP contribution in [0.2, 0.25) is 0 Å². The Morgan fingerprint density at radius 2 is 1.81 bits per heavy atom. The molecule has 1 fully saturated rings. The third kappa shape index (κ3) is 4.66. The van der Waals surface area contributed by atoms with E-state index in [1.807, 2.05) is 19.1 Å². The Kier molecular flexibility index (Phi) is 5.84. The van der Waals surface area contributed by atoms with Crippen molar-refractivity contribution in [3.63, 3.8) is 0 Å². The summed E-state index contributed by atoms with van der Waals surface area (Å²) < 4.78 is 23.8. The van der Waals surface area contributed by atoms with E-state index in [0.29, 0.717) is 42.6 Å². The van der Waals surface area contributed by atoms with Crippen molar-refractivity contribution in [1.29, 1.82) is 0 Å². The van der Waals surface area contributed by atoms with Gasteiger partial charge in [0.15, 0.2) is 0 Å². The summed E-state index contributed by atoms with van der Waals surface area (Å²) in [5, 5.41) is 0.734. The van der Waals surface area contributed by atoms with Crippen LogP contribution in [0.5, 0.6) is 0 Å². The summed E-state index contributed by atoms with van der Waals surface area (Å²) in [6.07, 6.45) is 0.977. The van der Waals surface area contributed by atoms with E-state index < -0.39 is 11.4 Å². The van der Waals surface area contributed by atoms with E-state index in [4.69, 9.17) is 9.15 Å². The first kappa shape index (κ1) is 20.8. The summed E-state index contributed by atoms with van der Waals surface area (Å²) in [4.78, 5) is 38.6. The van der Waals surface area contributed by atoms with Crippen molar-refractivity contribution in [3.8, 4) is 0 Å². The maximum atomic E-state index is 13.1. The lowest BCUT2D eigenvalue weighted by Gasteiger charge is -2.31. The monoisotopic (exact) mass is 423 g/mol. The Labute approximate surface area is 178 Å². The number of benzene rings is 2. The van der Waals surface area contributed by atoms with Crippen LogP contribution < -0.4 is 5.63 Å². The summed E-state index contributed by atoms with van der Waals surface area (Å²) in [5.74, 6) is -1.23. The van der Waals surface area contributed by atoms with E-state index >= 15 is 0 Å². The number of piperidine rings is 1. The number of aryl methyl sites for hydroxylation is 1. The minimum Gasteiger partial charge on any atom is -0.461 e. The lowest BCUT2D eigenvalue weighted by molar-refractivity contribution is -0.151. The fraction of sp³-hybridized carbons (Fsp3) is 0.292. The molecule has 0 bridgehead atoms. The highest BCUT2D eigenvalue weighted by atomic mass is 19.1. The molecular weight excluding hydrogens is 401 g/mol. The average molecular weight is 423 g/mol. The fourth-order valence-corrected chi connectivity index (χ4v) is 3.82.